The van der Waals surface area contributed by atoms with Gasteiger partial charge in [-0.1, -0.05) is 109 Å². The van der Waals surface area contributed by atoms with Crippen molar-refractivity contribution in [1.29, 1.82) is 0 Å². The third-order valence-electron chi connectivity index (χ3n) is 3.90. The lowest BCUT2D eigenvalue weighted by Gasteiger charge is -2.05. The molecule has 0 aromatic heterocycles. The molecule has 0 rings (SSSR count). The van der Waals surface area contributed by atoms with Crippen LogP contribution in [0.2, 0.25) is 6.04 Å². The van der Waals surface area contributed by atoms with E-state index in [1.807, 2.05) is 0 Å². The van der Waals surface area contributed by atoms with E-state index in [9.17, 15) is 4.79 Å². The summed E-state index contributed by atoms with van der Waals surface area (Å²) in [6.45, 7) is 5.80. The van der Waals surface area contributed by atoms with E-state index in [-0.39, 0.29) is 15.5 Å². The molecule has 23 heavy (non-hydrogen) atoms. The summed E-state index contributed by atoms with van der Waals surface area (Å²) in [6, 6.07) is 1.46. The second-order valence-electron chi connectivity index (χ2n) is 6.34. The van der Waals surface area contributed by atoms with Gasteiger partial charge in [0.1, 0.15) is 0 Å². The van der Waals surface area contributed by atoms with Crippen molar-refractivity contribution in [3.05, 3.63) is 12.2 Å². The van der Waals surface area contributed by atoms with Crippen molar-refractivity contribution in [2.45, 2.75) is 87.0 Å². The first-order chi connectivity index (χ1) is 11.0. The normalized spacial score (nSPS) is 11.5. The highest BCUT2D eigenvalue weighted by Crippen LogP contribution is 2.14. The molecular weight excluding hydrogens is 436 g/mol. The van der Waals surface area contributed by atoms with Gasteiger partial charge in [-0.05, 0) is 13.3 Å². The molecule has 2 nitrogen and oxygen atoms in total. The van der Waals surface area contributed by atoms with Crippen LogP contribution < -0.4 is 0 Å². The number of esters is 1. The topological polar surface area (TPSA) is 26.3 Å². The van der Waals surface area contributed by atoms with Gasteiger partial charge in [-0.25, -0.2) is 4.79 Å². The van der Waals surface area contributed by atoms with E-state index < -0.39 is 0 Å². The summed E-state index contributed by atoms with van der Waals surface area (Å²) in [5.41, 5.74) is 0.488. The van der Waals surface area contributed by atoms with Gasteiger partial charge in [-0.15, -0.1) is 0 Å². The van der Waals surface area contributed by atoms with Crippen molar-refractivity contribution < 1.29 is 9.53 Å². The Morgan fingerprint density at radius 1 is 0.913 bits per heavy atom. The van der Waals surface area contributed by atoms with Crippen molar-refractivity contribution in [2.75, 3.05) is 6.61 Å². The Bertz CT molecular complexity index is 309. The van der Waals surface area contributed by atoms with Gasteiger partial charge in [-0.2, -0.15) is 0 Å². The van der Waals surface area contributed by atoms with E-state index in [0.717, 1.165) is 12.8 Å². The lowest BCUT2D eigenvalue weighted by Crippen LogP contribution is -2.05. The van der Waals surface area contributed by atoms with Gasteiger partial charge < -0.3 is 4.74 Å². The minimum Gasteiger partial charge on any atom is -0.462 e. The van der Waals surface area contributed by atoms with Gasteiger partial charge in [0, 0.05) is 15.1 Å². The molecule has 0 unspecified atom stereocenters. The highest BCUT2D eigenvalue weighted by Gasteiger charge is 2.01. The summed E-state index contributed by atoms with van der Waals surface area (Å²) in [4.78, 5) is 11.2. The second kappa shape index (κ2) is 17.2. The predicted octanol–water partition coefficient (Wildman–Crippen LogP) is 6.06. The third kappa shape index (κ3) is 18.6. The standard InChI is InChI=1S/C18H34Br2O2Si/c1-16(2)17(21)22-14-12-10-8-6-4-3-5-7-9-11-13-15-23-18(19)20/h18H,1,3-15,23H2,2H3. The van der Waals surface area contributed by atoms with E-state index in [0.29, 0.717) is 15.5 Å². The van der Waals surface area contributed by atoms with E-state index in [1.165, 1.54) is 63.8 Å². The van der Waals surface area contributed by atoms with Crippen LogP contribution in [-0.4, -0.2) is 25.5 Å². The maximum absolute atomic E-state index is 11.2. The highest BCUT2D eigenvalue weighted by atomic mass is 79.9. The number of ether oxygens (including phenoxy) is 1. The minimum absolute atomic E-state index is 0.0788. The number of rotatable bonds is 16. The van der Waals surface area contributed by atoms with E-state index in [4.69, 9.17) is 4.74 Å². The first-order valence-electron chi connectivity index (χ1n) is 9.15. The maximum atomic E-state index is 11.2. The van der Waals surface area contributed by atoms with Crippen LogP contribution in [0, 0.1) is 0 Å². The van der Waals surface area contributed by atoms with Crippen LogP contribution in [-0.2, 0) is 9.53 Å². The smallest absolute Gasteiger partial charge is 0.333 e. The van der Waals surface area contributed by atoms with E-state index in [2.05, 4.69) is 38.4 Å². The van der Waals surface area contributed by atoms with Crippen LogP contribution in [0.1, 0.15) is 77.6 Å². The number of hydrogen-bond acceptors (Lipinski definition) is 2. The van der Waals surface area contributed by atoms with Gasteiger partial charge in [0.05, 0.1) is 9.97 Å². The zero-order chi connectivity index (χ0) is 17.3. The summed E-state index contributed by atoms with van der Waals surface area (Å²) in [7, 11) is 0.0788. The summed E-state index contributed by atoms with van der Waals surface area (Å²) in [6.07, 6.45) is 14.5. The average Bonchev–Trinajstić information content (AvgIpc) is 2.50. The first kappa shape index (κ1) is 23.4. The quantitative estimate of drug-likeness (QED) is 0.0902. The zero-order valence-corrected chi connectivity index (χ0v) is 19.3. The number of carbonyl (C=O) groups excluding carboxylic acids is 1. The van der Waals surface area contributed by atoms with Crippen molar-refractivity contribution in [1.82, 2.24) is 0 Å². The molecule has 0 aromatic rings. The Balaban J connectivity index is 3.08. The van der Waals surface area contributed by atoms with Crippen LogP contribution >= 0.6 is 31.9 Å². The Morgan fingerprint density at radius 2 is 1.35 bits per heavy atom. The lowest BCUT2D eigenvalue weighted by atomic mass is 10.1. The fourth-order valence-electron chi connectivity index (χ4n) is 2.46. The molecule has 0 aromatic carbocycles. The lowest BCUT2D eigenvalue weighted by molar-refractivity contribution is -0.139. The molecule has 0 fully saturated rings. The van der Waals surface area contributed by atoms with Gasteiger partial charge in [0.15, 0.2) is 0 Å². The van der Waals surface area contributed by atoms with Crippen LogP contribution in [0.3, 0.4) is 0 Å². The largest absolute Gasteiger partial charge is 0.462 e. The molecule has 0 aliphatic heterocycles. The number of hydrogen-bond donors (Lipinski definition) is 0. The zero-order valence-electron chi connectivity index (χ0n) is 14.8. The molecule has 0 aliphatic carbocycles. The third-order valence-corrected chi connectivity index (χ3v) is 7.99. The van der Waals surface area contributed by atoms with Crippen molar-refractivity contribution in [3.63, 3.8) is 0 Å². The summed E-state index contributed by atoms with van der Waals surface area (Å²) in [5, 5.41) is 0. The molecule has 0 amide bonds. The SMILES string of the molecule is C=C(C)C(=O)OCCCCCCCCCCCCC[SiH2]C(Br)Br. The Hall–Kier alpha value is 0.387. The van der Waals surface area contributed by atoms with E-state index in [1.54, 1.807) is 6.92 Å². The number of alkyl halides is 2. The molecule has 5 heteroatoms. The van der Waals surface area contributed by atoms with E-state index >= 15 is 0 Å². The molecule has 0 saturated carbocycles. The first-order valence-corrected chi connectivity index (χ1v) is 12.8. The summed E-state index contributed by atoms with van der Waals surface area (Å²) in [5.74, 6) is -0.258. The molecule has 0 heterocycles. The molecule has 0 N–H and O–H groups in total. The monoisotopic (exact) mass is 468 g/mol. The summed E-state index contributed by atoms with van der Waals surface area (Å²) >= 11 is 7.15. The fraction of sp³-hybridized carbons (Fsp3) is 0.833. The van der Waals surface area contributed by atoms with Crippen LogP contribution in [0.5, 0.6) is 0 Å². The minimum atomic E-state index is -0.258. The van der Waals surface area contributed by atoms with Gasteiger partial charge in [0.2, 0.25) is 0 Å². The second-order valence-corrected chi connectivity index (χ2v) is 14.3. The van der Waals surface area contributed by atoms with Crippen molar-refractivity contribution >= 4 is 47.3 Å². The van der Waals surface area contributed by atoms with Crippen molar-refractivity contribution in [3.8, 4) is 0 Å². The molecule has 0 bridgehead atoms. The fourth-order valence-corrected chi connectivity index (χ4v) is 5.35. The Kier molecular flexibility index (Phi) is 17.5. The molecule has 0 saturated heterocycles. The predicted molar refractivity (Wildman–Crippen MR) is 112 cm³/mol. The highest BCUT2D eigenvalue weighted by molar-refractivity contribution is 9.25. The average molecular weight is 470 g/mol. The maximum Gasteiger partial charge on any atom is 0.333 e. The molecular formula is C18H34Br2O2Si. The van der Waals surface area contributed by atoms with Crippen molar-refractivity contribution in [2.24, 2.45) is 0 Å². The van der Waals surface area contributed by atoms with Gasteiger partial charge >= 0.3 is 5.97 Å². The van der Waals surface area contributed by atoms with Crippen LogP contribution in [0.15, 0.2) is 12.2 Å². The Morgan fingerprint density at radius 3 is 1.78 bits per heavy atom. The molecule has 136 valence electrons. The number of halogens is 2. The van der Waals surface area contributed by atoms with Crippen LogP contribution in [0.4, 0.5) is 0 Å². The Labute approximate surface area is 162 Å². The van der Waals surface area contributed by atoms with Gasteiger partial charge in [0.25, 0.3) is 0 Å². The molecule has 0 aliphatic rings. The van der Waals surface area contributed by atoms with Crippen LogP contribution in [0.25, 0.3) is 0 Å². The molecule has 0 spiro atoms. The number of unbranched alkanes of at least 4 members (excludes halogenated alkanes) is 10. The summed E-state index contributed by atoms with van der Waals surface area (Å²) < 4.78 is 5.71. The number of carbonyl (C=O) groups is 1. The molecule has 0 radical (unpaired) electrons. The van der Waals surface area contributed by atoms with Gasteiger partial charge in [-0.3, -0.25) is 0 Å². The molecule has 0 atom stereocenters.